The second-order valence-corrected chi connectivity index (χ2v) is 9.67. The maximum atomic E-state index is 12.8. The van der Waals surface area contributed by atoms with E-state index >= 15 is 0 Å². The molecule has 0 spiro atoms. The largest absolute Gasteiger partial charge is 0.488 e. The Bertz CT molecular complexity index is 1370. The van der Waals surface area contributed by atoms with Crippen LogP contribution in [0.25, 0.3) is 10.4 Å². The molecule has 6 nitrogen and oxygen atoms in total. The van der Waals surface area contributed by atoms with Gasteiger partial charge in [0.2, 0.25) is 5.91 Å². The van der Waals surface area contributed by atoms with Gasteiger partial charge in [-0.1, -0.05) is 37.3 Å². The van der Waals surface area contributed by atoms with Gasteiger partial charge in [0.05, 0.1) is 11.4 Å². The lowest BCUT2D eigenvalue weighted by molar-refractivity contribution is -0.115. The normalized spacial score (nSPS) is 11.8. The molecule has 0 aliphatic carbocycles. The van der Waals surface area contributed by atoms with Crippen molar-refractivity contribution in [2.75, 3.05) is 4.90 Å². The minimum absolute atomic E-state index is 0.0339. The Balaban J connectivity index is 1.31. The zero-order valence-electron chi connectivity index (χ0n) is 18.7. The molecular formula is C26H22N2O4S2. The molecule has 0 saturated heterocycles. The van der Waals surface area contributed by atoms with Gasteiger partial charge < -0.3 is 9.47 Å². The number of fused-ring (bicyclic) bond motifs is 3. The summed E-state index contributed by atoms with van der Waals surface area (Å²) in [7, 11) is 0. The Morgan fingerprint density at radius 1 is 1.15 bits per heavy atom. The Labute approximate surface area is 205 Å². The van der Waals surface area contributed by atoms with Crippen LogP contribution < -0.4 is 9.64 Å². The van der Waals surface area contributed by atoms with Crippen molar-refractivity contribution < 1.29 is 19.1 Å². The first-order valence-electron chi connectivity index (χ1n) is 10.9. The fraction of sp³-hybridized carbons (Fsp3) is 0.192. The van der Waals surface area contributed by atoms with Crippen molar-refractivity contribution in [1.29, 1.82) is 0 Å². The highest BCUT2D eigenvalue weighted by Gasteiger charge is 2.24. The summed E-state index contributed by atoms with van der Waals surface area (Å²) >= 11 is 2.76. The molecule has 34 heavy (non-hydrogen) atoms. The summed E-state index contributed by atoms with van der Waals surface area (Å²) in [4.78, 5) is 33.0. The minimum Gasteiger partial charge on any atom is -0.488 e. The summed E-state index contributed by atoms with van der Waals surface area (Å²) in [6.45, 7) is 4.04. The van der Waals surface area contributed by atoms with E-state index in [9.17, 15) is 9.59 Å². The molecule has 0 N–H and O–H groups in total. The van der Waals surface area contributed by atoms with Crippen LogP contribution in [0.1, 0.15) is 40.3 Å². The highest BCUT2D eigenvalue weighted by Crippen LogP contribution is 2.42. The molecule has 0 radical (unpaired) electrons. The third kappa shape index (κ3) is 4.22. The van der Waals surface area contributed by atoms with E-state index < -0.39 is 5.97 Å². The third-order valence-corrected chi connectivity index (χ3v) is 7.60. The maximum absolute atomic E-state index is 12.8. The van der Waals surface area contributed by atoms with Gasteiger partial charge in [0.15, 0.2) is 5.13 Å². The Morgan fingerprint density at radius 2 is 1.94 bits per heavy atom. The topological polar surface area (TPSA) is 68.7 Å². The molecule has 0 saturated carbocycles. The number of benzene rings is 2. The van der Waals surface area contributed by atoms with Gasteiger partial charge in [-0.25, -0.2) is 9.78 Å². The number of hydrogen-bond acceptors (Lipinski definition) is 7. The summed E-state index contributed by atoms with van der Waals surface area (Å²) in [5.74, 6) is 0.308. The van der Waals surface area contributed by atoms with Crippen molar-refractivity contribution >= 4 is 45.4 Å². The van der Waals surface area contributed by atoms with E-state index in [1.54, 1.807) is 4.90 Å². The first kappa shape index (κ1) is 22.3. The Hall–Kier alpha value is -3.49. The van der Waals surface area contributed by atoms with Crippen molar-refractivity contribution in [3.05, 3.63) is 81.7 Å². The van der Waals surface area contributed by atoms with Crippen molar-refractivity contribution in [3.8, 4) is 16.2 Å². The molecule has 0 atom stereocenters. The number of esters is 1. The minimum atomic E-state index is -0.397. The average molecular weight is 491 g/mol. The number of hydrogen-bond donors (Lipinski definition) is 0. The van der Waals surface area contributed by atoms with Crippen LogP contribution >= 0.6 is 22.7 Å². The van der Waals surface area contributed by atoms with Crippen LogP contribution in [0, 0.1) is 0 Å². The smallest absolute Gasteiger partial charge is 0.348 e. The van der Waals surface area contributed by atoms with Gasteiger partial charge in [-0.2, -0.15) is 0 Å². The quantitative estimate of drug-likeness (QED) is 0.294. The van der Waals surface area contributed by atoms with E-state index in [4.69, 9.17) is 9.47 Å². The van der Waals surface area contributed by atoms with E-state index in [-0.39, 0.29) is 12.5 Å². The molecule has 0 unspecified atom stereocenters. The first-order valence-corrected chi connectivity index (χ1v) is 12.6. The van der Waals surface area contributed by atoms with Gasteiger partial charge in [0.25, 0.3) is 0 Å². The molecule has 8 heteroatoms. The highest BCUT2D eigenvalue weighted by molar-refractivity contribution is 7.17. The fourth-order valence-corrected chi connectivity index (χ4v) is 5.87. The lowest BCUT2D eigenvalue weighted by Crippen LogP contribution is -2.23. The number of amides is 1. The number of aromatic nitrogens is 1. The highest BCUT2D eigenvalue weighted by atomic mass is 32.1. The van der Waals surface area contributed by atoms with Crippen LogP contribution in [0.15, 0.2) is 60.0 Å². The molecule has 3 heterocycles. The standard InChI is InChI=1S/C26H22N2O4S2/c1-3-17-8-4-6-10-21(17)28(16(2)29)26-27-19(15-33-26)14-32-25(30)23-12-18-13-31-22-11-7-5-9-20(22)24(18)34-23/h4-12,15H,3,13-14H2,1-2H3. The molecule has 1 amide bonds. The lowest BCUT2D eigenvalue weighted by atomic mass is 10.1. The summed E-state index contributed by atoms with van der Waals surface area (Å²) in [5.41, 5.74) is 4.46. The number of anilines is 2. The molecule has 0 fully saturated rings. The Morgan fingerprint density at radius 3 is 2.76 bits per heavy atom. The molecule has 0 bridgehead atoms. The number of thiophene rings is 1. The lowest BCUT2D eigenvalue weighted by Gasteiger charge is -2.20. The van der Waals surface area contributed by atoms with Gasteiger partial charge in [0.1, 0.15) is 23.8 Å². The molecule has 4 aromatic rings. The monoisotopic (exact) mass is 490 g/mol. The summed E-state index contributed by atoms with van der Waals surface area (Å²) in [6.07, 6.45) is 0.802. The van der Waals surface area contributed by atoms with Gasteiger partial charge in [-0.05, 0) is 36.2 Å². The van der Waals surface area contributed by atoms with Crippen molar-refractivity contribution in [1.82, 2.24) is 4.98 Å². The van der Waals surface area contributed by atoms with Gasteiger partial charge in [0, 0.05) is 28.3 Å². The number of para-hydroxylation sites is 2. The fourth-order valence-electron chi connectivity index (χ4n) is 3.91. The summed E-state index contributed by atoms with van der Waals surface area (Å²) in [6, 6.07) is 17.4. The molecule has 1 aliphatic rings. The Kier molecular flexibility index (Phi) is 6.17. The predicted octanol–water partition coefficient (Wildman–Crippen LogP) is 6.37. The van der Waals surface area contributed by atoms with Crippen molar-refractivity contribution in [2.45, 2.75) is 33.5 Å². The number of carbonyl (C=O) groups excluding carboxylic acids is 2. The van der Waals surface area contributed by atoms with Crippen LogP contribution in [-0.2, 0) is 29.2 Å². The zero-order chi connectivity index (χ0) is 23.7. The number of aryl methyl sites for hydroxylation is 1. The second kappa shape index (κ2) is 9.40. The molecule has 2 aromatic heterocycles. The molecule has 5 rings (SSSR count). The van der Waals surface area contributed by atoms with Gasteiger partial charge >= 0.3 is 5.97 Å². The van der Waals surface area contributed by atoms with Crippen LogP contribution in [0.4, 0.5) is 10.8 Å². The molecule has 2 aromatic carbocycles. The number of thiazole rings is 1. The average Bonchev–Trinajstić information content (AvgIpc) is 3.50. The third-order valence-electron chi connectivity index (χ3n) is 5.54. The van der Waals surface area contributed by atoms with Crippen molar-refractivity contribution in [3.63, 3.8) is 0 Å². The van der Waals surface area contributed by atoms with Crippen LogP contribution in [0.5, 0.6) is 5.75 Å². The molecular weight excluding hydrogens is 468 g/mol. The first-order chi connectivity index (χ1) is 16.5. The van der Waals surface area contributed by atoms with Gasteiger partial charge in [-0.3, -0.25) is 9.69 Å². The van der Waals surface area contributed by atoms with Crippen LogP contribution in [-0.4, -0.2) is 16.9 Å². The summed E-state index contributed by atoms with van der Waals surface area (Å²) in [5, 5.41) is 2.37. The SMILES string of the molecule is CCc1ccccc1N(C(C)=O)c1nc(COC(=O)c2cc3c(s2)-c2ccccc2OC3)cs1. The van der Waals surface area contributed by atoms with E-state index in [0.717, 1.165) is 39.4 Å². The molecule has 172 valence electrons. The number of nitrogens with zero attached hydrogens (tertiary/aromatic N) is 2. The van der Waals surface area contributed by atoms with E-state index in [1.807, 2.05) is 60.0 Å². The zero-order valence-corrected chi connectivity index (χ0v) is 20.4. The molecule has 1 aliphatic heterocycles. The van der Waals surface area contributed by atoms with E-state index in [2.05, 4.69) is 11.9 Å². The van der Waals surface area contributed by atoms with Crippen molar-refractivity contribution in [2.24, 2.45) is 0 Å². The van der Waals surface area contributed by atoms with E-state index in [1.165, 1.54) is 29.6 Å². The number of ether oxygens (including phenoxy) is 2. The number of rotatable bonds is 6. The van der Waals surface area contributed by atoms with Gasteiger partial charge in [-0.15, -0.1) is 22.7 Å². The second-order valence-electron chi connectivity index (χ2n) is 7.78. The van der Waals surface area contributed by atoms with Crippen LogP contribution in [0.2, 0.25) is 0 Å². The van der Waals surface area contributed by atoms with E-state index in [0.29, 0.717) is 22.3 Å². The summed E-state index contributed by atoms with van der Waals surface area (Å²) < 4.78 is 11.3. The predicted molar refractivity (Wildman–Crippen MR) is 134 cm³/mol. The number of carbonyl (C=O) groups is 2. The maximum Gasteiger partial charge on any atom is 0.348 e. The van der Waals surface area contributed by atoms with Crippen LogP contribution in [0.3, 0.4) is 0 Å².